The number of benzene rings is 1. The van der Waals surface area contributed by atoms with Crippen LogP contribution in [0.3, 0.4) is 0 Å². The Morgan fingerprint density at radius 1 is 1.10 bits per heavy atom. The number of amides is 2. The highest BCUT2D eigenvalue weighted by atomic mass is 16.2. The molecule has 0 saturated carbocycles. The van der Waals surface area contributed by atoms with Crippen molar-refractivity contribution in [2.24, 2.45) is 0 Å². The smallest absolute Gasteiger partial charge is 0.321 e. The van der Waals surface area contributed by atoms with Crippen LogP contribution in [-0.4, -0.2) is 34.2 Å². The summed E-state index contributed by atoms with van der Waals surface area (Å²) in [4.78, 5) is 37.3. The van der Waals surface area contributed by atoms with Gasteiger partial charge in [-0.1, -0.05) is 6.07 Å². The maximum absolute atomic E-state index is 12.1. The third-order valence-electron chi connectivity index (χ3n) is 3.46. The summed E-state index contributed by atoms with van der Waals surface area (Å²) in [7, 11) is 0. The van der Waals surface area contributed by atoms with Gasteiger partial charge in [-0.2, -0.15) is 0 Å². The number of aromatic nitrogens is 2. The predicted octanol–water partition coefficient (Wildman–Crippen LogP) is 0.844. The first kappa shape index (κ1) is 12.5. The van der Waals surface area contributed by atoms with Crippen LogP contribution in [0.1, 0.15) is 12.8 Å². The number of aromatic amines is 2. The number of nitrogens with zero attached hydrogens (tertiary/aromatic N) is 1. The number of nitrogens with one attached hydrogen (secondary N) is 3. The Balaban J connectivity index is 2.03. The third kappa shape index (κ3) is 2.07. The Morgan fingerprint density at radius 3 is 2.55 bits per heavy atom. The molecule has 0 atom stereocenters. The molecule has 20 heavy (non-hydrogen) atoms. The standard InChI is InChI=1S/C13H14N4O3/c18-11-8-4-3-5-9(10(8)12(19)16-15-11)14-13(20)17-6-1-2-7-17/h3-5H,1-2,6-7H2,(H,14,20)(H,15,18)(H,16,19). The summed E-state index contributed by atoms with van der Waals surface area (Å²) in [6.45, 7) is 1.43. The number of H-pyrrole nitrogens is 2. The number of urea groups is 1. The highest BCUT2D eigenvalue weighted by Gasteiger charge is 2.19. The van der Waals surface area contributed by atoms with Gasteiger partial charge in [0.1, 0.15) is 0 Å². The van der Waals surface area contributed by atoms with Gasteiger partial charge >= 0.3 is 6.03 Å². The fraction of sp³-hybridized carbons (Fsp3) is 0.308. The summed E-state index contributed by atoms with van der Waals surface area (Å²) >= 11 is 0. The largest absolute Gasteiger partial charge is 0.325 e. The van der Waals surface area contributed by atoms with E-state index in [1.807, 2.05) is 0 Å². The molecule has 2 amide bonds. The zero-order valence-corrected chi connectivity index (χ0v) is 10.7. The number of fused-ring (bicyclic) bond motifs is 1. The average molecular weight is 274 g/mol. The van der Waals surface area contributed by atoms with Crippen molar-refractivity contribution >= 4 is 22.5 Å². The quantitative estimate of drug-likeness (QED) is 0.718. The van der Waals surface area contributed by atoms with E-state index < -0.39 is 11.1 Å². The Kier molecular flexibility index (Phi) is 3.02. The van der Waals surface area contributed by atoms with Crippen molar-refractivity contribution in [3.8, 4) is 0 Å². The number of anilines is 1. The lowest BCUT2D eigenvalue weighted by atomic mass is 10.1. The van der Waals surface area contributed by atoms with Crippen LogP contribution in [0, 0.1) is 0 Å². The fourth-order valence-corrected chi connectivity index (χ4v) is 2.45. The number of carbonyl (C=O) groups is 1. The average Bonchev–Trinajstić information content (AvgIpc) is 2.97. The van der Waals surface area contributed by atoms with E-state index in [1.54, 1.807) is 23.1 Å². The summed E-state index contributed by atoms with van der Waals surface area (Å²) in [6, 6.07) is 4.56. The first-order chi connectivity index (χ1) is 9.66. The van der Waals surface area contributed by atoms with Crippen molar-refractivity contribution in [3.05, 3.63) is 38.9 Å². The van der Waals surface area contributed by atoms with E-state index >= 15 is 0 Å². The molecule has 1 saturated heterocycles. The first-order valence-electron chi connectivity index (χ1n) is 6.46. The molecule has 1 aliphatic rings. The van der Waals surface area contributed by atoms with Gasteiger partial charge in [-0.15, -0.1) is 0 Å². The Labute approximate surface area is 113 Å². The molecule has 104 valence electrons. The lowest BCUT2D eigenvalue weighted by Gasteiger charge is -2.16. The van der Waals surface area contributed by atoms with Crippen LogP contribution >= 0.6 is 0 Å². The highest BCUT2D eigenvalue weighted by molar-refractivity contribution is 6.00. The molecule has 3 N–H and O–H groups in total. The monoisotopic (exact) mass is 274 g/mol. The molecule has 1 aromatic carbocycles. The van der Waals surface area contributed by atoms with E-state index in [2.05, 4.69) is 15.5 Å². The van der Waals surface area contributed by atoms with Gasteiger partial charge in [-0.3, -0.25) is 19.8 Å². The van der Waals surface area contributed by atoms with E-state index in [9.17, 15) is 14.4 Å². The molecule has 0 unspecified atom stereocenters. The second-order valence-corrected chi connectivity index (χ2v) is 4.76. The van der Waals surface area contributed by atoms with Crippen molar-refractivity contribution in [3.63, 3.8) is 0 Å². The van der Waals surface area contributed by atoms with Crippen molar-refractivity contribution in [1.82, 2.24) is 15.1 Å². The predicted molar refractivity (Wildman–Crippen MR) is 75.0 cm³/mol. The van der Waals surface area contributed by atoms with Crippen molar-refractivity contribution in [2.75, 3.05) is 18.4 Å². The normalized spacial score (nSPS) is 14.7. The topological polar surface area (TPSA) is 98.1 Å². The van der Waals surface area contributed by atoms with Crippen LogP contribution in [0.25, 0.3) is 10.8 Å². The fourth-order valence-electron chi connectivity index (χ4n) is 2.45. The summed E-state index contributed by atoms with van der Waals surface area (Å²) in [5.74, 6) is 0. The highest BCUT2D eigenvalue weighted by Crippen LogP contribution is 2.18. The van der Waals surface area contributed by atoms with Gasteiger partial charge in [0.25, 0.3) is 11.1 Å². The molecule has 0 radical (unpaired) electrons. The van der Waals surface area contributed by atoms with Crippen LogP contribution in [-0.2, 0) is 0 Å². The maximum Gasteiger partial charge on any atom is 0.321 e. The molecule has 1 aliphatic heterocycles. The second-order valence-electron chi connectivity index (χ2n) is 4.76. The van der Waals surface area contributed by atoms with E-state index in [-0.39, 0.29) is 16.8 Å². The van der Waals surface area contributed by atoms with Crippen LogP contribution in [0.2, 0.25) is 0 Å². The van der Waals surface area contributed by atoms with Gasteiger partial charge in [0.2, 0.25) is 0 Å². The minimum Gasteiger partial charge on any atom is -0.325 e. The summed E-state index contributed by atoms with van der Waals surface area (Å²) < 4.78 is 0. The molecule has 1 fully saturated rings. The number of hydrogen-bond acceptors (Lipinski definition) is 3. The second kappa shape index (κ2) is 4.84. The molecule has 0 aliphatic carbocycles. The first-order valence-corrected chi connectivity index (χ1v) is 6.46. The number of carbonyl (C=O) groups excluding carboxylic acids is 1. The molecule has 0 bridgehead atoms. The van der Waals surface area contributed by atoms with Crippen LogP contribution in [0.4, 0.5) is 10.5 Å². The van der Waals surface area contributed by atoms with Crippen molar-refractivity contribution in [1.29, 1.82) is 0 Å². The van der Waals surface area contributed by atoms with E-state index in [0.29, 0.717) is 18.8 Å². The summed E-state index contributed by atoms with van der Waals surface area (Å²) in [5.41, 5.74) is -0.472. The molecule has 1 aromatic heterocycles. The number of likely N-dealkylation sites (tertiary alicyclic amines) is 1. The van der Waals surface area contributed by atoms with Gasteiger partial charge in [0.15, 0.2) is 0 Å². The third-order valence-corrected chi connectivity index (χ3v) is 3.46. The lowest BCUT2D eigenvalue weighted by molar-refractivity contribution is 0.222. The molecular formula is C13H14N4O3. The van der Waals surface area contributed by atoms with Crippen LogP contribution in [0.5, 0.6) is 0 Å². The van der Waals surface area contributed by atoms with Gasteiger partial charge in [0, 0.05) is 13.1 Å². The van der Waals surface area contributed by atoms with Gasteiger partial charge in [-0.05, 0) is 25.0 Å². The van der Waals surface area contributed by atoms with Gasteiger partial charge < -0.3 is 10.2 Å². The summed E-state index contributed by atoms with van der Waals surface area (Å²) in [5, 5.41) is 7.69. The Hall–Kier alpha value is -2.57. The van der Waals surface area contributed by atoms with Crippen molar-refractivity contribution in [2.45, 2.75) is 12.8 Å². The minimum absolute atomic E-state index is 0.198. The van der Waals surface area contributed by atoms with E-state index in [1.165, 1.54) is 0 Å². The SMILES string of the molecule is O=C(Nc1cccc2c(=O)[nH][nH]c(=O)c12)N1CCCC1. The molecule has 7 nitrogen and oxygen atoms in total. The maximum atomic E-state index is 12.1. The summed E-state index contributed by atoms with van der Waals surface area (Å²) in [6.07, 6.45) is 1.98. The molecule has 7 heteroatoms. The number of rotatable bonds is 1. The number of hydrogen-bond donors (Lipinski definition) is 3. The minimum atomic E-state index is -0.433. The Morgan fingerprint density at radius 2 is 1.80 bits per heavy atom. The zero-order chi connectivity index (χ0) is 14.1. The molecule has 2 aromatic rings. The van der Waals surface area contributed by atoms with E-state index in [0.717, 1.165) is 12.8 Å². The van der Waals surface area contributed by atoms with Crippen LogP contribution in [0.15, 0.2) is 27.8 Å². The van der Waals surface area contributed by atoms with E-state index in [4.69, 9.17) is 0 Å². The molecule has 2 heterocycles. The molecule has 3 rings (SSSR count). The van der Waals surface area contributed by atoms with Gasteiger partial charge in [0.05, 0.1) is 16.5 Å². The zero-order valence-electron chi connectivity index (χ0n) is 10.7. The van der Waals surface area contributed by atoms with Gasteiger partial charge in [-0.25, -0.2) is 4.79 Å². The molecule has 0 spiro atoms. The van der Waals surface area contributed by atoms with Crippen molar-refractivity contribution < 1.29 is 4.79 Å². The lowest BCUT2D eigenvalue weighted by Crippen LogP contribution is -2.32. The van der Waals surface area contributed by atoms with Crippen LogP contribution < -0.4 is 16.4 Å². The molecular weight excluding hydrogens is 260 g/mol. The Bertz CT molecular complexity index is 771.